The maximum Gasteiger partial charge on any atom is 0.317 e. The Labute approximate surface area is 143 Å². The van der Waals surface area contributed by atoms with E-state index in [0.29, 0.717) is 26.3 Å². The zero-order valence-corrected chi connectivity index (χ0v) is 15.2. The highest BCUT2D eigenvalue weighted by Gasteiger charge is 2.40. The zero-order valence-electron chi connectivity index (χ0n) is 12.8. The van der Waals surface area contributed by atoms with Crippen molar-refractivity contribution in [2.75, 3.05) is 40.0 Å². The topological polar surface area (TPSA) is 61.8 Å². The van der Waals surface area contributed by atoms with Crippen LogP contribution in [0.15, 0.2) is 15.9 Å². The normalized spacial score (nSPS) is 16.1. The van der Waals surface area contributed by atoms with Gasteiger partial charge in [-0.1, -0.05) is 6.42 Å². The summed E-state index contributed by atoms with van der Waals surface area (Å²) in [6, 6.07) is 4.16. The number of likely N-dealkylation sites (N-methyl/N-ethyl adjacent to an activating group) is 1. The van der Waals surface area contributed by atoms with Crippen molar-refractivity contribution in [1.82, 2.24) is 10.2 Å². The van der Waals surface area contributed by atoms with E-state index in [0.717, 1.165) is 16.6 Å². The number of thiophene rings is 1. The highest BCUT2D eigenvalue weighted by molar-refractivity contribution is 9.11. The van der Waals surface area contributed by atoms with Gasteiger partial charge in [-0.3, -0.25) is 0 Å². The van der Waals surface area contributed by atoms with Crippen LogP contribution in [0.3, 0.4) is 0 Å². The second-order valence-corrected chi connectivity index (χ2v) is 8.12. The predicted molar refractivity (Wildman–Crippen MR) is 91.5 cm³/mol. The molecule has 1 heterocycles. The highest BCUT2D eigenvalue weighted by atomic mass is 79.9. The maximum atomic E-state index is 12.1. The molecule has 0 spiro atoms. The van der Waals surface area contributed by atoms with Crippen LogP contribution >= 0.6 is 27.3 Å². The lowest BCUT2D eigenvalue weighted by atomic mass is 9.68. The lowest BCUT2D eigenvalue weighted by Gasteiger charge is -2.41. The van der Waals surface area contributed by atoms with Gasteiger partial charge in [0.15, 0.2) is 0 Å². The largest absolute Gasteiger partial charge is 0.394 e. The number of carbonyl (C=O) groups is 1. The maximum absolute atomic E-state index is 12.1. The quantitative estimate of drug-likeness (QED) is 0.670. The lowest BCUT2D eigenvalue weighted by molar-refractivity contribution is 0.0818. The fraction of sp³-hybridized carbons (Fsp3) is 0.667. The minimum absolute atomic E-state index is 0.00873. The van der Waals surface area contributed by atoms with Crippen LogP contribution in [0, 0.1) is 0 Å². The van der Waals surface area contributed by atoms with E-state index >= 15 is 0 Å². The lowest BCUT2D eigenvalue weighted by Crippen LogP contribution is -2.48. The minimum Gasteiger partial charge on any atom is -0.394 e. The van der Waals surface area contributed by atoms with Gasteiger partial charge in [0.25, 0.3) is 0 Å². The standard InChI is InChI=1S/C15H23BrN2O3S/c1-18(7-9-21-10-8-19)14(20)17-11-15(5-2-6-15)12-3-4-13(16)22-12/h3-4,19H,2,5-11H2,1H3,(H,17,20). The van der Waals surface area contributed by atoms with Crippen molar-refractivity contribution in [2.45, 2.75) is 24.7 Å². The summed E-state index contributed by atoms with van der Waals surface area (Å²) in [5.74, 6) is 0. The van der Waals surface area contributed by atoms with E-state index in [2.05, 4.69) is 33.4 Å². The molecule has 2 N–H and O–H groups in total. The second-order valence-electron chi connectivity index (χ2n) is 5.65. The number of aliphatic hydroxyl groups is 1. The number of aliphatic hydroxyl groups excluding tert-OH is 1. The summed E-state index contributed by atoms with van der Waals surface area (Å²) < 4.78 is 6.32. The molecule has 0 unspecified atom stereocenters. The van der Waals surface area contributed by atoms with Crippen molar-refractivity contribution in [3.8, 4) is 0 Å². The van der Waals surface area contributed by atoms with Gasteiger partial charge in [0, 0.05) is 30.4 Å². The number of rotatable bonds is 8. The summed E-state index contributed by atoms with van der Waals surface area (Å²) in [4.78, 5) is 15.1. The van der Waals surface area contributed by atoms with Crippen molar-refractivity contribution in [1.29, 1.82) is 0 Å². The summed E-state index contributed by atoms with van der Waals surface area (Å²) >= 11 is 5.27. The van der Waals surface area contributed by atoms with E-state index in [1.165, 1.54) is 11.3 Å². The Hall–Kier alpha value is -0.630. The van der Waals surface area contributed by atoms with E-state index < -0.39 is 0 Å². The molecule has 0 radical (unpaired) electrons. The summed E-state index contributed by atoms with van der Waals surface area (Å²) in [5.41, 5.74) is 0.112. The van der Waals surface area contributed by atoms with Crippen LogP contribution < -0.4 is 5.32 Å². The first-order valence-electron chi connectivity index (χ1n) is 7.51. The van der Waals surface area contributed by atoms with Crippen molar-refractivity contribution in [3.63, 3.8) is 0 Å². The van der Waals surface area contributed by atoms with Gasteiger partial charge in [0.2, 0.25) is 0 Å². The van der Waals surface area contributed by atoms with Crippen LogP contribution in [0.5, 0.6) is 0 Å². The number of hydrogen-bond donors (Lipinski definition) is 2. The SMILES string of the molecule is CN(CCOCCO)C(=O)NCC1(c2ccc(Br)s2)CCC1. The fourth-order valence-corrected chi connectivity index (χ4v) is 4.19. The van der Waals surface area contributed by atoms with Crippen molar-refractivity contribution in [3.05, 3.63) is 20.8 Å². The van der Waals surface area contributed by atoms with Crippen LogP contribution in [0.1, 0.15) is 24.1 Å². The Bertz CT molecular complexity index is 491. The molecule has 22 heavy (non-hydrogen) atoms. The van der Waals surface area contributed by atoms with E-state index in [1.807, 2.05) is 0 Å². The van der Waals surface area contributed by atoms with Crippen molar-refractivity contribution >= 4 is 33.3 Å². The summed E-state index contributed by atoms with van der Waals surface area (Å²) in [5, 5.41) is 11.7. The molecule has 1 aliphatic rings. The molecule has 1 aromatic rings. The first-order valence-corrected chi connectivity index (χ1v) is 9.12. The zero-order chi connectivity index (χ0) is 16.0. The third kappa shape index (κ3) is 4.44. The van der Waals surface area contributed by atoms with Crippen molar-refractivity contribution in [2.24, 2.45) is 0 Å². The molecule has 0 saturated heterocycles. The third-order valence-corrected chi connectivity index (χ3v) is 6.01. The van der Waals surface area contributed by atoms with Gasteiger partial charge in [-0.15, -0.1) is 11.3 Å². The monoisotopic (exact) mass is 390 g/mol. The Morgan fingerprint density at radius 2 is 2.27 bits per heavy atom. The number of ether oxygens (including phenoxy) is 1. The van der Waals surface area contributed by atoms with Crippen LogP contribution in [-0.4, -0.2) is 56.0 Å². The van der Waals surface area contributed by atoms with Crippen molar-refractivity contribution < 1.29 is 14.6 Å². The number of halogens is 1. The number of urea groups is 1. The molecule has 0 atom stereocenters. The minimum atomic E-state index is -0.0745. The third-order valence-electron chi connectivity index (χ3n) is 4.14. The Balaban J connectivity index is 1.79. The predicted octanol–water partition coefficient (Wildman–Crippen LogP) is 2.58. The Morgan fingerprint density at radius 3 is 2.82 bits per heavy atom. The molecule has 1 aromatic heterocycles. The van der Waals surface area contributed by atoms with Gasteiger partial charge in [-0.25, -0.2) is 4.79 Å². The van der Waals surface area contributed by atoms with Gasteiger partial charge in [0.1, 0.15) is 0 Å². The molecule has 7 heteroatoms. The Morgan fingerprint density at radius 1 is 1.50 bits per heavy atom. The molecule has 2 amide bonds. The summed E-state index contributed by atoms with van der Waals surface area (Å²) in [6.07, 6.45) is 3.48. The second kappa shape index (κ2) is 8.29. The Kier molecular flexibility index (Phi) is 6.67. The highest BCUT2D eigenvalue weighted by Crippen LogP contribution is 2.46. The average molecular weight is 391 g/mol. The molecule has 0 bridgehead atoms. The molecule has 1 saturated carbocycles. The summed E-state index contributed by atoms with van der Waals surface area (Å²) in [6.45, 7) is 1.96. The van der Waals surface area contributed by atoms with E-state index in [-0.39, 0.29) is 18.1 Å². The number of hydrogen-bond acceptors (Lipinski definition) is 4. The van der Waals surface area contributed by atoms with Crippen LogP contribution in [0.25, 0.3) is 0 Å². The number of amides is 2. The van der Waals surface area contributed by atoms with Crippen LogP contribution in [0.2, 0.25) is 0 Å². The first kappa shape index (κ1) is 17.7. The number of carbonyl (C=O) groups excluding carboxylic acids is 1. The molecule has 1 aliphatic carbocycles. The van der Waals surface area contributed by atoms with Gasteiger partial charge >= 0.3 is 6.03 Å². The molecule has 0 aliphatic heterocycles. The molecule has 2 rings (SSSR count). The molecule has 124 valence electrons. The van der Waals surface area contributed by atoms with Gasteiger partial charge in [-0.2, -0.15) is 0 Å². The number of nitrogens with zero attached hydrogens (tertiary/aromatic N) is 1. The molecule has 0 aromatic carbocycles. The smallest absolute Gasteiger partial charge is 0.317 e. The summed E-state index contributed by atoms with van der Waals surface area (Å²) in [7, 11) is 1.76. The average Bonchev–Trinajstić information content (AvgIpc) is 2.89. The van der Waals surface area contributed by atoms with Crippen LogP contribution in [0.4, 0.5) is 4.79 Å². The van der Waals surface area contributed by atoms with E-state index in [4.69, 9.17) is 9.84 Å². The molecular formula is C15H23BrN2O3S. The number of nitrogens with one attached hydrogen (secondary N) is 1. The molecular weight excluding hydrogens is 368 g/mol. The molecule has 5 nitrogen and oxygen atoms in total. The van der Waals surface area contributed by atoms with Gasteiger partial charge in [0.05, 0.1) is 23.6 Å². The molecule has 1 fully saturated rings. The fourth-order valence-electron chi connectivity index (χ4n) is 2.56. The van der Waals surface area contributed by atoms with E-state index in [1.54, 1.807) is 23.3 Å². The van der Waals surface area contributed by atoms with Gasteiger partial charge < -0.3 is 20.1 Å². The van der Waals surface area contributed by atoms with Crippen LogP contribution in [-0.2, 0) is 10.2 Å². The first-order chi connectivity index (χ1) is 10.6. The van der Waals surface area contributed by atoms with E-state index in [9.17, 15) is 4.79 Å². The van der Waals surface area contributed by atoms with Gasteiger partial charge in [-0.05, 0) is 40.9 Å².